The molecule has 0 amide bonds. The Hall–Kier alpha value is -1.98. The van der Waals surface area contributed by atoms with Gasteiger partial charge in [0.1, 0.15) is 11.8 Å². The third kappa shape index (κ3) is 0.746. The second-order valence-corrected chi connectivity index (χ2v) is 2.17. The minimum Gasteiger partial charge on any atom is -0.302 e. The summed E-state index contributed by atoms with van der Waals surface area (Å²) in [4.78, 5) is 31.2. The standard InChI is InChI=1S/C6H4N4O2/c11-3-10-5-4(9-6(10)12)1-7-2-8-5/h1-3H,(H,9,12). The minimum atomic E-state index is -0.500. The normalized spacial score (nSPS) is 10.3. The molecule has 1 N–H and O–H groups in total. The monoisotopic (exact) mass is 164 g/mol. The molecule has 0 aromatic carbocycles. The van der Waals surface area contributed by atoms with Gasteiger partial charge in [-0.3, -0.25) is 4.79 Å². The Morgan fingerprint density at radius 2 is 2.42 bits per heavy atom. The van der Waals surface area contributed by atoms with Crippen molar-refractivity contribution in [3.8, 4) is 0 Å². The van der Waals surface area contributed by atoms with Crippen LogP contribution in [-0.2, 0) is 4.79 Å². The van der Waals surface area contributed by atoms with Crippen molar-refractivity contribution < 1.29 is 4.79 Å². The third-order valence-corrected chi connectivity index (χ3v) is 1.49. The molecule has 0 saturated carbocycles. The number of nitrogens with one attached hydrogen (secondary N) is 1. The zero-order valence-corrected chi connectivity index (χ0v) is 5.89. The number of nitrogens with zero attached hydrogens (tertiary/aromatic N) is 3. The van der Waals surface area contributed by atoms with Gasteiger partial charge in [-0.05, 0) is 0 Å². The van der Waals surface area contributed by atoms with Crippen LogP contribution in [0.1, 0.15) is 0 Å². The van der Waals surface area contributed by atoms with Gasteiger partial charge in [0, 0.05) is 0 Å². The molecule has 0 aliphatic heterocycles. The lowest BCUT2D eigenvalue weighted by Gasteiger charge is -1.86. The van der Waals surface area contributed by atoms with E-state index >= 15 is 0 Å². The van der Waals surface area contributed by atoms with Crippen LogP contribution in [0, 0.1) is 0 Å². The Balaban J connectivity index is 3.00. The van der Waals surface area contributed by atoms with Gasteiger partial charge >= 0.3 is 5.69 Å². The van der Waals surface area contributed by atoms with Crippen molar-refractivity contribution in [3.05, 3.63) is 23.0 Å². The van der Waals surface area contributed by atoms with Crippen LogP contribution in [0.4, 0.5) is 0 Å². The summed E-state index contributed by atoms with van der Waals surface area (Å²) in [5, 5.41) is 0. The van der Waals surface area contributed by atoms with Crippen molar-refractivity contribution in [2.24, 2.45) is 0 Å². The van der Waals surface area contributed by atoms with Gasteiger partial charge in [-0.25, -0.2) is 19.3 Å². The first-order valence-corrected chi connectivity index (χ1v) is 3.18. The predicted octanol–water partition coefficient (Wildman–Crippen LogP) is -0.842. The molecule has 0 bridgehead atoms. The lowest BCUT2D eigenvalue weighted by Crippen LogP contribution is -2.15. The van der Waals surface area contributed by atoms with E-state index in [1.807, 2.05) is 0 Å². The van der Waals surface area contributed by atoms with E-state index in [-0.39, 0.29) is 0 Å². The van der Waals surface area contributed by atoms with Crippen molar-refractivity contribution in [3.63, 3.8) is 0 Å². The largest absolute Gasteiger partial charge is 0.334 e. The van der Waals surface area contributed by atoms with E-state index in [9.17, 15) is 9.59 Å². The van der Waals surface area contributed by atoms with Crippen LogP contribution < -0.4 is 5.69 Å². The number of rotatable bonds is 1. The molecule has 60 valence electrons. The molecule has 0 saturated heterocycles. The summed E-state index contributed by atoms with van der Waals surface area (Å²) in [6.45, 7) is 0. The number of hydrogen-bond donors (Lipinski definition) is 1. The highest BCUT2D eigenvalue weighted by atomic mass is 16.2. The number of H-pyrrole nitrogens is 1. The van der Waals surface area contributed by atoms with Gasteiger partial charge in [-0.15, -0.1) is 0 Å². The molecular formula is C6H4N4O2. The van der Waals surface area contributed by atoms with E-state index in [1.54, 1.807) is 0 Å². The molecule has 6 heteroatoms. The number of imidazole rings is 1. The fourth-order valence-corrected chi connectivity index (χ4v) is 0.973. The quantitative estimate of drug-likeness (QED) is 0.557. The van der Waals surface area contributed by atoms with Crippen LogP contribution in [0.3, 0.4) is 0 Å². The van der Waals surface area contributed by atoms with E-state index in [2.05, 4.69) is 15.0 Å². The van der Waals surface area contributed by atoms with Crippen LogP contribution in [0.25, 0.3) is 11.2 Å². The van der Waals surface area contributed by atoms with Crippen LogP contribution in [0.15, 0.2) is 17.3 Å². The third-order valence-electron chi connectivity index (χ3n) is 1.49. The highest BCUT2D eigenvalue weighted by Gasteiger charge is 2.04. The zero-order chi connectivity index (χ0) is 8.55. The molecule has 0 atom stereocenters. The van der Waals surface area contributed by atoms with Crippen molar-refractivity contribution in [1.29, 1.82) is 0 Å². The first kappa shape index (κ1) is 6.71. The number of fused-ring (bicyclic) bond motifs is 1. The van der Waals surface area contributed by atoms with E-state index in [1.165, 1.54) is 12.5 Å². The van der Waals surface area contributed by atoms with Gasteiger partial charge in [-0.2, -0.15) is 0 Å². The van der Waals surface area contributed by atoms with Gasteiger partial charge in [0.05, 0.1) is 6.20 Å². The molecular weight excluding hydrogens is 160 g/mol. The van der Waals surface area contributed by atoms with Crippen LogP contribution in [0.2, 0.25) is 0 Å². The molecule has 6 nitrogen and oxygen atoms in total. The Kier molecular flexibility index (Phi) is 1.26. The van der Waals surface area contributed by atoms with E-state index in [0.717, 1.165) is 4.57 Å². The zero-order valence-electron chi connectivity index (χ0n) is 5.89. The van der Waals surface area contributed by atoms with E-state index in [4.69, 9.17) is 0 Å². The molecule has 0 aliphatic rings. The lowest BCUT2D eigenvalue weighted by atomic mass is 10.6. The summed E-state index contributed by atoms with van der Waals surface area (Å²) < 4.78 is 0.886. The van der Waals surface area contributed by atoms with Crippen LogP contribution in [0.5, 0.6) is 0 Å². The van der Waals surface area contributed by atoms with Gasteiger partial charge in [-0.1, -0.05) is 0 Å². The molecule has 0 spiro atoms. The Labute approximate surface area is 65.9 Å². The fourth-order valence-electron chi connectivity index (χ4n) is 0.973. The maximum absolute atomic E-state index is 11.0. The molecule has 0 radical (unpaired) electrons. The first-order chi connectivity index (χ1) is 5.83. The molecule has 2 aromatic heterocycles. The van der Waals surface area contributed by atoms with Crippen molar-refractivity contribution in [2.75, 3.05) is 0 Å². The van der Waals surface area contributed by atoms with Crippen LogP contribution in [-0.4, -0.2) is 25.9 Å². The SMILES string of the molecule is O=Cn1c(=O)[nH]c2cncnc21. The van der Waals surface area contributed by atoms with Gasteiger partial charge < -0.3 is 4.98 Å². The average molecular weight is 164 g/mol. The summed E-state index contributed by atoms with van der Waals surface area (Å²) in [6.07, 6.45) is 3.12. The Morgan fingerprint density at radius 3 is 3.17 bits per heavy atom. The Morgan fingerprint density at radius 1 is 1.58 bits per heavy atom. The second-order valence-electron chi connectivity index (χ2n) is 2.17. The first-order valence-electron chi connectivity index (χ1n) is 3.18. The van der Waals surface area contributed by atoms with Gasteiger partial charge in [0.2, 0.25) is 6.41 Å². The maximum Gasteiger partial charge on any atom is 0.334 e. The number of aromatic nitrogens is 4. The number of aromatic amines is 1. The van der Waals surface area contributed by atoms with Gasteiger partial charge in [0.25, 0.3) is 0 Å². The highest BCUT2D eigenvalue weighted by Crippen LogP contribution is 2.00. The summed E-state index contributed by atoms with van der Waals surface area (Å²) in [5.41, 5.74) is 0.250. The summed E-state index contributed by atoms with van der Waals surface area (Å²) in [5.74, 6) is 0. The molecule has 2 heterocycles. The number of carbonyl (C=O) groups excluding carboxylic acids is 1. The molecule has 0 fully saturated rings. The van der Waals surface area contributed by atoms with Crippen molar-refractivity contribution in [1.82, 2.24) is 19.5 Å². The molecule has 12 heavy (non-hydrogen) atoms. The van der Waals surface area contributed by atoms with E-state index < -0.39 is 5.69 Å². The Bertz CT molecular complexity index is 483. The molecule has 0 unspecified atom stereocenters. The maximum atomic E-state index is 11.0. The second kappa shape index (κ2) is 2.26. The van der Waals surface area contributed by atoms with Gasteiger partial charge in [0.15, 0.2) is 5.65 Å². The van der Waals surface area contributed by atoms with Crippen LogP contribution >= 0.6 is 0 Å². The molecule has 0 aliphatic carbocycles. The summed E-state index contributed by atoms with van der Waals surface area (Å²) >= 11 is 0. The highest BCUT2D eigenvalue weighted by molar-refractivity contribution is 5.76. The molecule has 2 aromatic rings. The van der Waals surface area contributed by atoms with Crippen molar-refractivity contribution in [2.45, 2.75) is 0 Å². The summed E-state index contributed by atoms with van der Waals surface area (Å²) in [7, 11) is 0. The predicted molar refractivity (Wildman–Crippen MR) is 40.3 cm³/mol. The van der Waals surface area contributed by atoms with Crippen molar-refractivity contribution >= 4 is 17.6 Å². The minimum absolute atomic E-state index is 0.296. The average Bonchev–Trinajstić information content (AvgIpc) is 2.40. The van der Waals surface area contributed by atoms with E-state index in [0.29, 0.717) is 17.6 Å². The number of hydrogen-bond acceptors (Lipinski definition) is 4. The molecule has 2 rings (SSSR count). The number of carbonyl (C=O) groups is 1. The smallest absolute Gasteiger partial charge is 0.302 e. The fraction of sp³-hybridized carbons (Fsp3) is 0. The summed E-state index contributed by atoms with van der Waals surface area (Å²) in [6, 6.07) is 0. The lowest BCUT2D eigenvalue weighted by molar-refractivity contribution is 0.547. The topological polar surface area (TPSA) is 80.6 Å².